The summed E-state index contributed by atoms with van der Waals surface area (Å²) in [6.45, 7) is -0.451. The molecule has 0 saturated carbocycles. The quantitative estimate of drug-likeness (QED) is 0.234. The van der Waals surface area contributed by atoms with Crippen molar-refractivity contribution in [3.8, 4) is 0 Å². The Balaban J connectivity index is 1.09. The summed E-state index contributed by atoms with van der Waals surface area (Å²) >= 11 is 3.33. The number of benzene rings is 4. The molecule has 3 aliphatic carbocycles. The van der Waals surface area contributed by atoms with Crippen molar-refractivity contribution in [1.29, 1.82) is 0 Å². The number of amides is 3. The highest BCUT2D eigenvalue weighted by Gasteiger charge is 2.61. The van der Waals surface area contributed by atoms with Crippen LogP contribution in [0.15, 0.2) is 102 Å². The summed E-state index contributed by atoms with van der Waals surface area (Å²) in [5, 5.41) is 2.66. The molecule has 1 N–H and O–H groups in total. The third-order valence-electron chi connectivity index (χ3n) is 8.27. The molecular formula is C33H23BrN2O5. The van der Waals surface area contributed by atoms with Crippen LogP contribution in [0.5, 0.6) is 0 Å². The minimum atomic E-state index is -0.681. The first-order valence-electron chi connectivity index (χ1n) is 13.3. The van der Waals surface area contributed by atoms with E-state index in [9.17, 15) is 19.2 Å². The van der Waals surface area contributed by atoms with Crippen LogP contribution in [0.3, 0.4) is 0 Å². The van der Waals surface area contributed by atoms with Gasteiger partial charge >= 0.3 is 5.97 Å². The molecule has 202 valence electrons. The first-order chi connectivity index (χ1) is 19.9. The fraction of sp³-hybridized carbons (Fsp3) is 0.152. The second-order valence-electron chi connectivity index (χ2n) is 10.5. The number of halogens is 1. The Morgan fingerprint density at radius 3 is 1.68 bits per heavy atom. The zero-order chi connectivity index (χ0) is 28.2. The minimum absolute atomic E-state index is 0.184. The Hall–Kier alpha value is -4.56. The van der Waals surface area contributed by atoms with Gasteiger partial charge in [-0.05, 0) is 70.8 Å². The van der Waals surface area contributed by atoms with Crippen LogP contribution >= 0.6 is 15.9 Å². The lowest BCUT2D eigenvalue weighted by molar-refractivity contribution is -0.122. The Bertz CT molecular complexity index is 1620. The Morgan fingerprint density at radius 1 is 0.707 bits per heavy atom. The van der Waals surface area contributed by atoms with E-state index in [0.29, 0.717) is 11.4 Å². The van der Waals surface area contributed by atoms with Gasteiger partial charge in [0.05, 0.1) is 23.1 Å². The summed E-state index contributed by atoms with van der Waals surface area (Å²) in [4.78, 5) is 53.9. The second kappa shape index (κ2) is 9.82. The first kappa shape index (κ1) is 25.4. The van der Waals surface area contributed by atoms with E-state index in [2.05, 4.69) is 45.5 Å². The van der Waals surface area contributed by atoms with Crippen LogP contribution in [0, 0.1) is 11.8 Å². The SMILES string of the molecule is O=C(COC(=O)c1ccc(N2C(=O)[C@@H]3C4c5ccccc5C(c5ccccc54)[C@H]3C2=O)cc1)Nc1ccc(Br)cc1. The first-order valence-corrected chi connectivity index (χ1v) is 14.1. The maximum absolute atomic E-state index is 13.9. The van der Waals surface area contributed by atoms with E-state index in [-0.39, 0.29) is 29.2 Å². The molecule has 7 nitrogen and oxygen atoms in total. The predicted molar refractivity (Wildman–Crippen MR) is 156 cm³/mol. The van der Waals surface area contributed by atoms with Gasteiger partial charge < -0.3 is 10.1 Å². The molecule has 0 spiro atoms. The fourth-order valence-electron chi connectivity index (χ4n) is 6.62. The van der Waals surface area contributed by atoms with Gasteiger partial charge in [-0.2, -0.15) is 0 Å². The van der Waals surface area contributed by atoms with Gasteiger partial charge in [0.15, 0.2) is 6.61 Å². The smallest absolute Gasteiger partial charge is 0.338 e. The number of rotatable bonds is 5. The van der Waals surface area contributed by atoms with Crippen LogP contribution in [0.2, 0.25) is 0 Å². The van der Waals surface area contributed by atoms with Crippen molar-refractivity contribution in [2.45, 2.75) is 11.8 Å². The summed E-state index contributed by atoms with van der Waals surface area (Å²) < 4.78 is 6.05. The van der Waals surface area contributed by atoms with E-state index >= 15 is 0 Å². The lowest BCUT2D eigenvalue weighted by Crippen LogP contribution is -2.41. The number of anilines is 2. The number of hydrogen-bond acceptors (Lipinski definition) is 5. The average Bonchev–Trinajstić information content (AvgIpc) is 3.27. The second-order valence-corrected chi connectivity index (χ2v) is 11.4. The van der Waals surface area contributed by atoms with Crippen molar-refractivity contribution < 1.29 is 23.9 Å². The van der Waals surface area contributed by atoms with Gasteiger partial charge in [0, 0.05) is 22.0 Å². The number of hydrogen-bond donors (Lipinski definition) is 1. The summed E-state index contributed by atoms with van der Waals surface area (Å²) in [6, 6.07) is 29.4. The van der Waals surface area contributed by atoms with Crippen LogP contribution in [-0.2, 0) is 19.1 Å². The maximum atomic E-state index is 13.9. The van der Waals surface area contributed by atoms with Crippen molar-refractivity contribution in [2.75, 3.05) is 16.8 Å². The van der Waals surface area contributed by atoms with Gasteiger partial charge in [-0.25, -0.2) is 9.69 Å². The van der Waals surface area contributed by atoms with Gasteiger partial charge in [-0.1, -0.05) is 64.5 Å². The Kier molecular flexibility index (Phi) is 6.08. The molecule has 2 atom stereocenters. The average molecular weight is 607 g/mol. The molecule has 41 heavy (non-hydrogen) atoms. The highest BCUT2D eigenvalue weighted by molar-refractivity contribution is 9.10. The van der Waals surface area contributed by atoms with Gasteiger partial charge in [0.2, 0.25) is 11.8 Å². The summed E-state index contributed by atoms with van der Waals surface area (Å²) in [6.07, 6.45) is 0. The van der Waals surface area contributed by atoms with E-state index in [0.717, 1.165) is 26.7 Å². The molecule has 1 heterocycles. The van der Waals surface area contributed by atoms with Crippen LogP contribution < -0.4 is 10.2 Å². The molecule has 0 radical (unpaired) electrons. The van der Waals surface area contributed by atoms with Gasteiger partial charge in [-0.15, -0.1) is 0 Å². The summed E-state index contributed by atoms with van der Waals surface area (Å²) in [5.74, 6) is -2.92. The molecule has 3 amide bonds. The molecule has 8 heteroatoms. The van der Waals surface area contributed by atoms with E-state index in [1.54, 1.807) is 36.4 Å². The standard InChI is InChI=1S/C33H23BrN2O5/c34-19-11-13-20(14-12-19)35-26(37)17-41-33(40)18-9-15-21(16-10-18)36-31(38)29-27-22-5-1-2-6-23(22)28(30(29)32(36)39)25-8-4-3-7-24(25)27/h1-16,27-30H,17H2,(H,35,37)/t27?,28?,29-,30-/m1/s1. The Labute approximate surface area is 244 Å². The largest absolute Gasteiger partial charge is 0.452 e. The third kappa shape index (κ3) is 4.09. The number of esters is 1. The molecule has 4 aromatic carbocycles. The molecule has 1 aliphatic heterocycles. The number of carbonyl (C=O) groups excluding carboxylic acids is 4. The van der Waals surface area contributed by atoms with E-state index in [1.807, 2.05) is 24.3 Å². The predicted octanol–water partition coefficient (Wildman–Crippen LogP) is 5.64. The molecule has 4 aromatic rings. The van der Waals surface area contributed by atoms with E-state index in [1.165, 1.54) is 17.0 Å². The fourth-order valence-corrected chi connectivity index (χ4v) is 6.89. The Morgan fingerprint density at radius 2 is 1.20 bits per heavy atom. The molecule has 1 saturated heterocycles. The van der Waals surface area contributed by atoms with Crippen molar-refractivity contribution in [3.05, 3.63) is 129 Å². The van der Waals surface area contributed by atoms with E-state index in [4.69, 9.17) is 4.74 Å². The molecule has 1 fully saturated rings. The molecular weight excluding hydrogens is 584 g/mol. The monoisotopic (exact) mass is 606 g/mol. The van der Waals surface area contributed by atoms with Crippen molar-refractivity contribution in [3.63, 3.8) is 0 Å². The van der Waals surface area contributed by atoms with E-state index < -0.39 is 30.3 Å². The number of ether oxygens (including phenoxy) is 1. The van der Waals surface area contributed by atoms with Crippen molar-refractivity contribution in [2.24, 2.45) is 11.8 Å². The van der Waals surface area contributed by atoms with Crippen LogP contribution in [-0.4, -0.2) is 30.3 Å². The summed E-state index contributed by atoms with van der Waals surface area (Å²) in [5.41, 5.74) is 5.66. The maximum Gasteiger partial charge on any atom is 0.338 e. The minimum Gasteiger partial charge on any atom is -0.452 e. The normalized spacial score (nSPS) is 21.6. The lowest BCUT2D eigenvalue weighted by atomic mass is 9.55. The van der Waals surface area contributed by atoms with Crippen molar-refractivity contribution in [1.82, 2.24) is 0 Å². The topological polar surface area (TPSA) is 92.8 Å². The van der Waals surface area contributed by atoms with Crippen molar-refractivity contribution >= 4 is 51.0 Å². The highest BCUT2D eigenvalue weighted by atomic mass is 79.9. The van der Waals surface area contributed by atoms with Crippen LogP contribution in [0.4, 0.5) is 11.4 Å². The van der Waals surface area contributed by atoms with Gasteiger partial charge in [0.1, 0.15) is 0 Å². The number of nitrogens with zero attached hydrogens (tertiary/aromatic N) is 1. The molecule has 2 bridgehead atoms. The van der Waals surface area contributed by atoms with Crippen LogP contribution in [0.25, 0.3) is 0 Å². The number of nitrogens with one attached hydrogen (secondary N) is 1. The third-order valence-corrected chi connectivity index (χ3v) is 8.80. The summed E-state index contributed by atoms with van der Waals surface area (Å²) in [7, 11) is 0. The zero-order valence-corrected chi connectivity index (χ0v) is 23.2. The molecule has 0 unspecified atom stereocenters. The molecule has 8 rings (SSSR count). The number of imide groups is 1. The highest BCUT2D eigenvalue weighted by Crippen LogP contribution is 2.61. The lowest BCUT2D eigenvalue weighted by Gasteiger charge is -2.45. The van der Waals surface area contributed by atoms with Crippen LogP contribution in [0.1, 0.15) is 44.4 Å². The molecule has 0 aromatic heterocycles. The number of carbonyl (C=O) groups is 4. The van der Waals surface area contributed by atoms with Gasteiger partial charge in [0.25, 0.3) is 5.91 Å². The van der Waals surface area contributed by atoms with Gasteiger partial charge in [-0.3, -0.25) is 14.4 Å². The molecule has 4 aliphatic rings. The zero-order valence-electron chi connectivity index (χ0n) is 21.6.